The molecule has 0 saturated heterocycles. The number of benzene rings is 2. The van der Waals surface area contributed by atoms with Gasteiger partial charge in [-0.1, -0.05) is 18.2 Å². The molecule has 1 unspecified atom stereocenters. The lowest BCUT2D eigenvalue weighted by molar-refractivity contribution is -0.116. The zero-order valence-corrected chi connectivity index (χ0v) is 11.2. The molecule has 0 fully saturated rings. The summed E-state index contributed by atoms with van der Waals surface area (Å²) in [6, 6.07) is 9.02. The third-order valence-electron chi connectivity index (χ3n) is 2.80. The van der Waals surface area contributed by atoms with Crippen LogP contribution in [0.25, 0.3) is 0 Å². The van der Waals surface area contributed by atoms with Gasteiger partial charge < -0.3 is 10.6 Å². The topological polar surface area (TPSA) is 41.1 Å². The molecule has 0 saturated carbocycles. The zero-order valence-electron chi connectivity index (χ0n) is 11.2. The number of hydrogen-bond donors (Lipinski definition) is 2. The Balaban J connectivity index is 2.07. The van der Waals surface area contributed by atoms with E-state index in [2.05, 4.69) is 10.6 Å². The molecular formula is C15H13F3N2O. The van der Waals surface area contributed by atoms with Gasteiger partial charge >= 0.3 is 0 Å². The minimum Gasteiger partial charge on any atom is -0.371 e. The van der Waals surface area contributed by atoms with Gasteiger partial charge in [-0.15, -0.1) is 0 Å². The van der Waals surface area contributed by atoms with E-state index < -0.39 is 35.1 Å². The van der Waals surface area contributed by atoms with Crippen LogP contribution in [0.2, 0.25) is 0 Å². The number of nitrogens with one attached hydrogen (secondary N) is 2. The fourth-order valence-corrected chi connectivity index (χ4v) is 1.73. The molecule has 0 radical (unpaired) electrons. The van der Waals surface area contributed by atoms with Gasteiger partial charge in [0.1, 0.15) is 11.9 Å². The van der Waals surface area contributed by atoms with Crippen LogP contribution in [-0.4, -0.2) is 11.9 Å². The van der Waals surface area contributed by atoms with Gasteiger partial charge in [0.25, 0.3) is 0 Å². The normalized spacial score (nSPS) is 11.8. The van der Waals surface area contributed by atoms with Crippen molar-refractivity contribution in [2.75, 3.05) is 10.6 Å². The van der Waals surface area contributed by atoms with E-state index in [9.17, 15) is 18.0 Å². The van der Waals surface area contributed by atoms with Crippen LogP contribution >= 0.6 is 0 Å². The van der Waals surface area contributed by atoms with Crippen molar-refractivity contribution < 1.29 is 18.0 Å². The molecule has 3 nitrogen and oxygen atoms in total. The molecule has 0 spiro atoms. The maximum Gasteiger partial charge on any atom is 0.246 e. The number of halogens is 3. The molecule has 0 aromatic heterocycles. The van der Waals surface area contributed by atoms with Crippen molar-refractivity contribution in [2.24, 2.45) is 0 Å². The second kappa shape index (κ2) is 6.30. The molecule has 0 heterocycles. The predicted molar refractivity (Wildman–Crippen MR) is 74.5 cm³/mol. The number of hydrogen-bond acceptors (Lipinski definition) is 2. The average molecular weight is 294 g/mol. The summed E-state index contributed by atoms with van der Waals surface area (Å²) in [5, 5.41) is 5.04. The predicted octanol–water partition coefficient (Wildman–Crippen LogP) is 3.54. The molecule has 110 valence electrons. The number of rotatable bonds is 4. The van der Waals surface area contributed by atoms with E-state index in [0.29, 0.717) is 11.8 Å². The molecule has 1 atom stereocenters. The zero-order chi connectivity index (χ0) is 15.4. The van der Waals surface area contributed by atoms with Crippen molar-refractivity contribution >= 4 is 17.3 Å². The average Bonchev–Trinajstić information content (AvgIpc) is 2.45. The molecular weight excluding hydrogens is 281 g/mol. The Morgan fingerprint density at radius 1 is 1.10 bits per heavy atom. The van der Waals surface area contributed by atoms with Crippen LogP contribution < -0.4 is 10.6 Å². The molecule has 0 aliphatic carbocycles. The van der Waals surface area contributed by atoms with Gasteiger partial charge in [0.05, 0.1) is 5.69 Å². The minimum atomic E-state index is -1.31. The van der Waals surface area contributed by atoms with Gasteiger partial charge in [0.15, 0.2) is 11.6 Å². The first-order valence-corrected chi connectivity index (χ1v) is 6.24. The Labute approximate surface area is 119 Å². The molecule has 21 heavy (non-hydrogen) atoms. The van der Waals surface area contributed by atoms with E-state index in [-0.39, 0.29) is 0 Å². The third-order valence-corrected chi connectivity index (χ3v) is 2.80. The Morgan fingerprint density at radius 2 is 1.76 bits per heavy atom. The summed E-state index contributed by atoms with van der Waals surface area (Å²) >= 11 is 0. The number of para-hydroxylation sites is 1. The van der Waals surface area contributed by atoms with Crippen LogP contribution in [0.1, 0.15) is 6.92 Å². The number of carbonyl (C=O) groups is 1. The van der Waals surface area contributed by atoms with E-state index in [1.807, 2.05) is 0 Å². The monoisotopic (exact) mass is 294 g/mol. The Kier molecular flexibility index (Phi) is 4.47. The van der Waals surface area contributed by atoms with Crippen molar-refractivity contribution in [2.45, 2.75) is 13.0 Å². The molecule has 0 bridgehead atoms. The maximum absolute atomic E-state index is 13.5. The summed E-state index contributed by atoms with van der Waals surface area (Å²) in [5.74, 6) is -3.92. The third kappa shape index (κ3) is 3.75. The Morgan fingerprint density at radius 3 is 2.43 bits per heavy atom. The van der Waals surface area contributed by atoms with E-state index in [1.165, 1.54) is 6.92 Å². The van der Waals surface area contributed by atoms with Gasteiger partial charge in [0.2, 0.25) is 5.91 Å². The molecule has 0 aliphatic heterocycles. The van der Waals surface area contributed by atoms with Crippen LogP contribution in [0.15, 0.2) is 42.5 Å². The lowest BCUT2D eigenvalue weighted by atomic mass is 10.2. The Hall–Kier alpha value is -2.50. The van der Waals surface area contributed by atoms with Crippen molar-refractivity contribution in [3.8, 4) is 0 Å². The lowest BCUT2D eigenvalue weighted by Gasteiger charge is -2.16. The highest BCUT2D eigenvalue weighted by Crippen LogP contribution is 2.20. The molecule has 6 heteroatoms. The van der Waals surface area contributed by atoms with E-state index in [1.54, 1.807) is 30.3 Å². The van der Waals surface area contributed by atoms with Crippen LogP contribution in [0.3, 0.4) is 0 Å². The minimum absolute atomic E-state index is 0.400. The second-order valence-corrected chi connectivity index (χ2v) is 4.47. The fraction of sp³-hybridized carbons (Fsp3) is 0.133. The molecule has 2 rings (SSSR count). The SMILES string of the molecule is CC(Nc1cc(F)cc(F)c1F)C(=O)Nc1ccccc1. The highest BCUT2D eigenvalue weighted by molar-refractivity contribution is 5.96. The first-order valence-electron chi connectivity index (χ1n) is 6.24. The van der Waals surface area contributed by atoms with Gasteiger partial charge in [0, 0.05) is 17.8 Å². The molecule has 2 aromatic rings. The van der Waals surface area contributed by atoms with Crippen LogP contribution in [0.4, 0.5) is 24.5 Å². The van der Waals surface area contributed by atoms with Crippen molar-refractivity contribution in [3.63, 3.8) is 0 Å². The van der Waals surface area contributed by atoms with Crippen LogP contribution in [0.5, 0.6) is 0 Å². The molecule has 2 N–H and O–H groups in total. The standard InChI is InChI=1S/C15H13F3N2O/c1-9(15(21)20-11-5-3-2-4-6-11)19-13-8-10(16)7-12(17)14(13)18/h2-9,19H,1H3,(H,20,21). The summed E-state index contributed by atoms with van der Waals surface area (Å²) in [6.07, 6.45) is 0. The van der Waals surface area contributed by atoms with Crippen LogP contribution in [-0.2, 0) is 4.79 Å². The molecule has 2 aromatic carbocycles. The molecule has 0 aliphatic rings. The lowest BCUT2D eigenvalue weighted by Crippen LogP contribution is -2.32. The summed E-state index contributed by atoms with van der Waals surface area (Å²) in [6.45, 7) is 1.46. The van der Waals surface area contributed by atoms with Gasteiger partial charge in [-0.2, -0.15) is 0 Å². The fourth-order valence-electron chi connectivity index (χ4n) is 1.73. The van der Waals surface area contributed by atoms with E-state index >= 15 is 0 Å². The highest BCUT2D eigenvalue weighted by atomic mass is 19.2. The number of carbonyl (C=O) groups excluding carboxylic acids is 1. The largest absolute Gasteiger partial charge is 0.371 e. The smallest absolute Gasteiger partial charge is 0.246 e. The quantitative estimate of drug-likeness (QED) is 0.847. The summed E-state index contributed by atoms with van der Waals surface area (Å²) in [5.41, 5.74) is 0.172. The van der Waals surface area contributed by atoms with Crippen molar-refractivity contribution in [3.05, 3.63) is 59.9 Å². The van der Waals surface area contributed by atoms with E-state index in [0.717, 1.165) is 6.07 Å². The molecule has 1 amide bonds. The second-order valence-electron chi connectivity index (χ2n) is 4.47. The van der Waals surface area contributed by atoms with Gasteiger partial charge in [-0.05, 0) is 19.1 Å². The Bertz CT molecular complexity index is 647. The first kappa shape index (κ1) is 14.9. The van der Waals surface area contributed by atoms with Gasteiger partial charge in [-0.3, -0.25) is 4.79 Å². The number of amides is 1. The first-order chi connectivity index (χ1) is 9.97. The van der Waals surface area contributed by atoms with E-state index in [4.69, 9.17) is 0 Å². The summed E-state index contributed by atoms with van der Waals surface area (Å²) in [4.78, 5) is 11.9. The van der Waals surface area contributed by atoms with Crippen molar-refractivity contribution in [1.29, 1.82) is 0 Å². The number of anilines is 2. The highest BCUT2D eigenvalue weighted by Gasteiger charge is 2.17. The van der Waals surface area contributed by atoms with Crippen molar-refractivity contribution in [1.82, 2.24) is 0 Å². The summed E-state index contributed by atoms with van der Waals surface area (Å²) in [7, 11) is 0. The summed E-state index contributed by atoms with van der Waals surface area (Å²) < 4.78 is 39.6. The van der Waals surface area contributed by atoms with Gasteiger partial charge in [-0.25, -0.2) is 13.2 Å². The van der Waals surface area contributed by atoms with Crippen LogP contribution in [0, 0.1) is 17.5 Å². The maximum atomic E-state index is 13.5.